The van der Waals surface area contributed by atoms with Crippen LogP contribution in [-0.2, 0) is 9.53 Å². The Kier molecular flexibility index (Phi) is 2.98. The maximum Gasteiger partial charge on any atom is 0.291 e. The van der Waals surface area contributed by atoms with Crippen LogP contribution in [0, 0.1) is 5.41 Å². The molecule has 8 heteroatoms. The number of hydrogen-bond acceptors (Lipinski definition) is 6. The molecular formula is C11H14N4O3S. The molecule has 3 atom stereocenters. The molecular weight excluding hydrogens is 268 g/mol. The van der Waals surface area contributed by atoms with E-state index in [1.807, 2.05) is 6.92 Å². The summed E-state index contributed by atoms with van der Waals surface area (Å²) >= 11 is 0.943. The number of nitrogens with one attached hydrogen (secondary N) is 2. The molecule has 2 aliphatic rings. The number of rotatable bonds is 2. The van der Waals surface area contributed by atoms with Gasteiger partial charge in [-0.25, -0.2) is 0 Å². The third-order valence-electron chi connectivity index (χ3n) is 3.87. The SMILES string of the molecule is C[C@]1(C(=O)NNC(=O)c2cnsn2)C[C@H]2CC[C@@H]1O2. The van der Waals surface area contributed by atoms with Crippen molar-refractivity contribution in [2.24, 2.45) is 5.41 Å². The molecule has 0 aliphatic carbocycles. The highest BCUT2D eigenvalue weighted by atomic mass is 32.1. The second-order valence-corrected chi connectivity index (χ2v) is 5.70. The average Bonchev–Trinajstić information content (AvgIpc) is 3.10. The monoisotopic (exact) mass is 282 g/mol. The first-order chi connectivity index (χ1) is 9.09. The Labute approximate surface area is 114 Å². The predicted octanol–water partition coefficient (Wildman–Crippen LogP) is 0.257. The highest BCUT2D eigenvalue weighted by Gasteiger charge is 2.53. The van der Waals surface area contributed by atoms with Crippen LogP contribution in [0.5, 0.6) is 0 Å². The summed E-state index contributed by atoms with van der Waals surface area (Å²) in [5.41, 5.74) is 4.45. The first-order valence-corrected chi connectivity index (χ1v) is 6.86. The molecule has 0 spiro atoms. The second-order valence-electron chi connectivity index (χ2n) is 5.15. The fourth-order valence-electron chi connectivity index (χ4n) is 2.75. The Bertz CT molecular complexity index is 506. The third kappa shape index (κ3) is 2.10. The zero-order valence-corrected chi connectivity index (χ0v) is 11.2. The first kappa shape index (κ1) is 12.5. The summed E-state index contributed by atoms with van der Waals surface area (Å²) < 4.78 is 13.2. The third-order valence-corrected chi connectivity index (χ3v) is 4.35. The highest BCUT2D eigenvalue weighted by molar-refractivity contribution is 6.99. The molecule has 2 saturated heterocycles. The number of hydrazine groups is 1. The van der Waals surface area contributed by atoms with Crippen LogP contribution in [-0.4, -0.2) is 32.8 Å². The molecule has 102 valence electrons. The minimum atomic E-state index is -0.559. The zero-order chi connectivity index (χ0) is 13.5. The van der Waals surface area contributed by atoms with Gasteiger partial charge in [-0.1, -0.05) is 0 Å². The standard InChI is InChI=1S/C11H14N4O3S/c1-11(4-6-2-3-8(11)18-6)10(17)14-13-9(16)7-5-12-19-15-7/h5-6,8H,2-4H2,1H3,(H,13,16)(H,14,17)/t6-,8+,11+/m1/s1. The van der Waals surface area contributed by atoms with Crippen molar-refractivity contribution in [2.45, 2.75) is 38.4 Å². The van der Waals surface area contributed by atoms with Crippen molar-refractivity contribution in [1.82, 2.24) is 19.6 Å². The molecule has 19 heavy (non-hydrogen) atoms. The Morgan fingerprint density at radius 2 is 2.32 bits per heavy atom. The molecule has 7 nitrogen and oxygen atoms in total. The van der Waals surface area contributed by atoms with Gasteiger partial charge in [0.25, 0.3) is 5.91 Å². The van der Waals surface area contributed by atoms with Gasteiger partial charge in [-0.05, 0) is 26.2 Å². The summed E-state index contributed by atoms with van der Waals surface area (Å²) in [5, 5.41) is 0. The largest absolute Gasteiger partial charge is 0.374 e. The number of fused-ring (bicyclic) bond motifs is 2. The molecule has 3 rings (SSSR count). The van der Waals surface area contributed by atoms with E-state index >= 15 is 0 Å². The van der Waals surface area contributed by atoms with Crippen LogP contribution in [0.3, 0.4) is 0 Å². The van der Waals surface area contributed by atoms with Gasteiger partial charge in [-0.2, -0.15) is 8.75 Å². The van der Waals surface area contributed by atoms with E-state index < -0.39 is 11.3 Å². The summed E-state index contributed by atoms with van der Waals surface area (Å²) in [5.74, 6) is -0.675. The fourth-order valence-corrected chi connectivity index (χ4v) is 3.17. The van der Waals surface area contributed by atoms with E-state index in [-0.39, 0.29) is 23.8 Å². The zero-order valence-electron chi connectivity index (χ0n) is 10.4. The van der Waals surface area contributed by atoms with Crippen LogP contribution in [0.2, 0.25) is 0 Å². The molecule has 2 bridgehead atoms. The topological polar surface area (TPSA) is 93.2 Å². The molecule has 0 aromatic carbocycles. The van der Waals surface area contributed by atoms with Crippen molar-refractivity contribution in [3.63, 3.8) is 0 Å². The van der Waals surface area contributed by atoms with E-state index in [0.717, 1.165) is 24.6 Å². The van der Waals surface area contributed by atoms with Gasteiger partial charge in [0.1, 0.15) is 0 Å². The van der Waals surface area contributed by atoms with Crippen LogP contribution < -0.4 is 10.9 Å². The maximum atomic E-state index is 12.2. The molecule has 2 amide bonds. The van der Waals surface area contributed by atoms with Crippen molar-refractivity contribution in [3.05, 3.63) is 11.9 Å². The summed E-state index contributed by atoms with van der Waals surface area (Å²) in [6.45, 7) is 1.88. The minimum absolute atomic E-state index is 0.0460. The minimum Gasteiger partial charge on any atom is -0.374 e. The number of carbonyl (C=O) groups excluding carboxylic acids is 2. The van der Waals surface area contributed by atoms with E-state index in [9.17, 15) is 9.59 Å². The number of aromatic nitrogens is 2. The Morgan fingerprint density at radius 1 is 1.47 bits per heavy atom. The summed E-state index contributed by atoms with van der Waals surface area (Å²) in [4.78, 5) is 23.8. The van der Waals surface area contributed by atoms with E-state index in [1.165, 1.54) is 6.20 Å². The molecule has 1 aromatic rings. The van der Waals surface area contributed by atoms with Crippen LogP contribution in [0.15, 0.2) is 6.20 Å². The van der Waals surface area contributed by atoms with E-state index in [4.69, 9.17) is 4.74 Å². The van der Waals surface area contributed by atoms with Gasteiger partial charge in [0.15, 0.2) is 5.69 Å². The lowest BCUT2D eigenvalue weighted by molar-refractivity contribution is -0.133. The maximum absolute atomic E-state index is 12.2. The molecule has 2 N–H and O–H groups in total. The molecule has 3 heterocycles. The number of amides is 2. The lowest BCUT2D eigenvalue weighted by Gasteiger charge is -2.29. The second kappa shape index (κ2) is 4.53. The Morgan fingerprint density at radius 3 is 2.89 bits per heavy atom. The quantitative estimate of drug-likeness (QED) is 0.759. The molecule has 0 unspecified atom stereocenters. The molecule has 2 fully saturated rings. The predicted molar refractivity (Wildman–Crippen MR) is 66.1 cm³/mol. The van der Waals surface area contributed by atoms with Gasteiger partial charge in [0.05, 0.1) is 35.5 Å². The normalized spacial score (nSPS) is 32.3. The number of hydrogen-bond donors (Lipinski definition) is 2. The fraction of sp³-hybridized carbons (Fsp3) is 0.636. The van der Waals surface area contributed by atoms with E-state index in [1.54, 1.807) is 0 Å². The highest BCUT2D eigenvalue weighted by Crippen LogP contribution is 2.47. The molecule has 0 radical (unpaired) electrons. The smallest absolute Gasteiger partial charge is 0.291 e. The van der Waals surface area contributed by atoms with Gasteiger partial charge in [0, 0.05) is 0 Å². The number of ether oxygens (including phenoxy) is 1. The van der Waals surface area contributed by atoms with Crippen molar-refractivity contribution in [1.29, 1.82) is 0 Å². The van der Waals surface area contributed by atoms with E-state index in [2.05, 4.69) is 19.6 Å². The van der Waals surface area contributed by atoms with Crippen LogP contribution in [0.25, 0.3) is 0 Å². The van der Waals surface area contributed by atoms with Crippen LogP contribution in [0.1, 0.15) is 36.7 Å². The lowest BCUT2D eigenvalue weighted by Crippen LogP contribution is -2.51. The molecule has 0 saturated carbocycles. The number of carbonyl (C=O) groups is 2. The summed E-state index contributed by atoms with van der Waals surface area (Å²) in [6.07, 6.45) is 4.12. The van der Waals surface area contributed by atoms with Crippen molar-refractivity contribution in [3.8, 4) is 0 Å². The number of nitrogens with zero attached hydrogens (tertiary/aromatic N) is 2. The van der Waals surface area contributed by atoms with Gasteiger partial charge >= 0.3 is 0 Å². The average molecular weight is 282 g/mol. The van der Waals surface area contributed by atoms with Crippen molar-refractivity contribution < 1.29 is 14.3 Å². The molecule has 1 aromatic heterocycles. The van der Waals surface area contributed by atoms with Gasteiger partial charge in [-0.3, -0.25) is 20.4 Å². The van der Waals surface area contributed by atoms with Crippen molar-refractivity contribution >= 4 is 23.5 Å². The van der Waals surface area contributed by atoms with Gasteiger partial charge in [0.2, 0.25) is 5.91 Å². The Balaban J connectivity index is 1.59. The first-order valence-electron chi connectivity index (χ1n) is 6.13. The van der Waals surface area contributed by atoms with Crippen LogP contribution >= 0.6 is 11.7 Å². The molecule has 2 aliphatic heterocycles. The van der Waals surface area contributed by atoms with E-state index in [0.29, 0.717) is 6.42 Å². The van der Waals surface area contributed by atoms with Crippen molar-refractivity contribution in [2.75, 3.05) is 0 Å². The lowest BCUT2D eigenvalue weighted by atomic mass is 9.75. The van der Waals surface area contributed by atoms with Crippen LogP contribution in [0.4, 0.5) is 0 Å². The summed E-state index contributed by atoms with van der Waals surface area (Å²) in [6, 6.07) is 0. The summed E-state index contributed by atoms with van der Waals surface area (Å²) in [7, 11) is 0. The van der Waals surface area contributed by atoms with Gasteiger partial charge < -0.3 is 4.74 Å². The Hall–Kier alpha value is -1.54. The van der Waals surface area contributed by atoms with Gasteiger partial charge in [-0.15, -0.1) is 0 Å².